The number of methoxy groups -OCH3 is 1. The van der Waals surface area contributed by atoms with Crippen LogP contribution >= 0.6 is 0 Å². The largest absolute Gasteiger partial charge is 0.385 e. The Labute approximate surface area is 86.9 Å². The first-order valence-corrected chi connectivity index (χ1v) is 5.21. The number of likely N-dealkylation sites (N-methyl/N-ethyl adjacent to an activating group) is 1. The molecule has 0 aromatic carbocycles. The van der Waals surface area contributed by atoms with Gasteiger partial charge in [-0.05, 0) is 19.9 Å². The van der Waals surface area contributed by atoms with Gasteiger partial charge in [0.1, 0.15) is 0 Å². The second-order valence-electron chi connectivity index (χ2n) is 3.03. The Balaban J connectivity index is 2.78. The lowest BCUT2D eigenvalue weighted by Gasteiger charge is -2.05. The summed E-state index contributed by atoms with van der Waals surface area (Å²) in [6.45, 7) is 4.65. The van der Waals surface area contributed by atoms with Gasteiger partial charge in [-0.3, -0.25) is 0 Å². The smallest absolute Gasteiger partial charge is 0.0701 e. The summed E-state index contributed by atoms with van der Waals surface area (Å²) in [5, 5.41) is 3.01. The highest BCUT2D eigenvalue weighted by Gasteiger charge is 1.90. The average Bonchev–Trinajstić information content (AvgIpc) is 2.21. The van der Waals surface area contributed by atoms with Crippen LogP contribution in [0.3, 0.4) is 0 Å². The van der Waals surface area contributed by atoms with Crippen molar-refractivity contribution >= 4 is 0 Å². The fraction of sp³-hybridized carbons (Fsp3) is 1.00. The zero-order chi connectivity index (χ0) is 10.5. The number of unbranched alkanes of at least 4 members (excludes halogenated alkanes) is 1. The van der Waals surface area contributed by atoms with Crippen LogP contribution in [0.25, 0.3) is 0 Å². The first-order chi connectivity index (χ1) is 6.91. The Morgan fingerprint density at radius 1 is 0.857 bits per heavy atom. The predicted molar refractivity (Wildman–Crippen MR) is 56.7 cm³/mol. The highest BCUT2D eigenvalue weighted by Crippen LogP contribution is 1.90. The molecular weight excluding hydrogens is 182 g/mol. The molecule has 0 heterocycles. The van der Waals surface area contributed by atoms with Crippen molar-refractivity contribution in [3.05, 3.63) is 0 Å². The molecule has 4 nitrogen and oxygen atoms in total. The van der Waals surface area contributed by atoms with Crippen LogP contribution in [0, 0.1) is 0 Å². The lowest BCUT2D eigenvalue weighted by molar-refractivity contribution is 0.0459. The van der Waals surface area contributed by atoms with E-state index in [2.05, 4.69) is 5.32 Å². The monoisotopic (exact) mass is 205 g/mol. The molecular formula is C10H23NO3. The van der Waals surface area contributed by atoms with Crippen LogP contribution in [0.4, 0.5) is 0 Å². The molecule has 86 valence electrons. The molecule has 0 saturated heterocycles. The van der Waals surface area contributed by atoms with E-state index in [4.69, 9.17) is 14.2 Å². The van der Waals surface area contributed by atoms with Crippen molar-refractivity contribution in [3.8, 4) is 0 Å². The van der Waals surface area contributed by atoms with Crippen molar-refractivity contribution in [1.29, 1.82) is 0 Å². The molecule has 0 rings (SSSR count). The summed E-state index contributed by atoms with van der Waals surface area (Å²) in [6.07, 6.45) is 2.13. The van der Waals surface area contributed by atoms with Crippen molar-refractivity contribution in [3.63, 3.8) is 0 Å². The van der Waals surface area contributed by atoms with Crippen molar-refractivity contribution in [2.24, 2.45) is 0 Å². The highest BCUT2D eigenvalue weighted by atomic mass is 16.5. The summed E-state index contributed by atoms with van der Waals surface area (Å²) in [5.74, 6) is 0. The van der Waals surface area contributed by atoms with Gasteiger partial charge in [0.2, 0.25) is 0 Å². The maximum atomic E-state index is 5.36. The van der Waals surface area contributed by atoms with Crippen LogP contribution in [0.2, 0.25) is 0 Å². The summed E-state index contributed by atoms with van der Waals surface area (Å²) in [5.41, 5.74) is 0. The van der Waals surface area contributed by atoms with E-state index in [1.165, 1.54) is 0 Å². The highest BCUT2D eigenvalue weighted by molar-refractivity contribution is 4.39. The maximum Gasteiger partial charge on any atom is 0.0701 e. The molecule has 0 bridgehead atoms. The number of ether oxygens (including phenoxy) is 3. The molecule has 14 heavy (non-hydrogen) atoms. The quantitative estimate of drug-likeness (QED) is 0.503. The van der Waals surface area contributed by atoms with Crippen molar-refractivity contribution in [1.82, 2.24) is 5.32 Å². The minimum Gasteiger partial charge on any atom is -0.385 e. The van der Waals surface area contributed by atoms with Gasteiger partial charge in [0.15, 0.2) is 0 Å². The molecule has 0 aromatic heterocycles. The number of rotatable bonds is 11. The Hall–Kier alpha value is -0.160. The molecule has 4 heteroatoms. The molecule has 1 N–H and O–H groups in total. The van der Waals surface area contributed by atoms with Crippen LogP contribution in [-0.4, -0.2) is 53.7 Å². The van der Waals surface area contributed by atoms with E-state index >= 15 is 0 Å². The summed E-state index contributed by atoms with van der Waals surface area (Å²) >= 11 is 0. The molecule has 0 aromatic rings. The molecule has 0 aliphatic rings. The van der Waals surface area contributed by atoms with Crippen LogP contribution in [-0.2, 0) is 14.2 Å². The Bertz CT molecular complexity index is 89.4. The standard InChI is InChI=1S/C10H23NO3/c1-11-5-8-14-10-9-13-7-4-3-6-12-2/h11H,3-10H2,1-2H3. The van der Waals surface area contributed by atoms with Gasteiger partial charge in [0.25, 0.3) is 0 Å². The van der Waals surface area contributed by atoms with Gasteiger partial charge in [-0.15, -0.1) is 0 Å². The molecule has 0 unspecified atom stereocenters. The third-order valence-electron chi connectivity index (χ3n) is 1.76. The Morgan fingerprint density at radius 3 is 2.14 bits per heavy atom. The molecule has 0 fully saturated rings. The van der Waals surface area contributed by atoms with E-state index < -0.39 is 0 Å². The summed E-state index contributed by atoms with van der Waals surface area (Å²) in [7, 11) is 3.63. The summed E-state index contributed by atoms with van der Waals surface area (Å²) in [4.78, 5) is 0. The van der Waals surface area contributed by atoms with Crippen molar-refractivity contribution < 1.29 is 14.2 Å². The van der Waals surface area contributed by atoms with Gasteiger partial charge in [-0.2, -0.15) is 0 Å². The van der Waals surface area contributed by atoms with Gasteiger partial charge >= 0.3 is 0 Å². The first kappa shape index (κ1) is 13.8. The molecule has 0 aliphatic heterocycles. The third-order valence-corrected chi connectivity index (χ3v) is 1.76. The van der Waals surface area contributed by atoms with Crippen LogP contribution in [0.1, 0.15) is 12.8 Å². The van der Waals surface area contributed by atoms with Gasteiger partial charge < -0.3 is 19.5 Å². The SMILES string of the molecule is CNCCOCCOCCCCOC. The van der Waals surface area contributed by atoms with E-state index in [-0.39, 0.29) is 0 Å². The van der Waals surface area contributed by atoms with E-state index in [1.807, 2.05) is 7.05 Å². The zero-order valence-corrected chi connectivity index (χ0v) is 9.38. The first-order valence-electron chi connectivity index (χ1n) is 5.21. The molecule has 0 saturated carbocycles. The van der Waals surface area contributed by atoms with Gasteiger partial charge in [-0.1, -0.05) is 0 Å². The fourth-order valence-corrected chi connectivity index (χ4v) is 0.947. The van der Waals surface area contributed by atoms with E-state index in [0.717, 1.165) is 39.2 Å². The van der Waals surface area contributed by atoms with Gasteiger partial charge in [-0.25, -0.2) is 0 Å². The molecule has 0 amide bonds. The lowest BCUT2D eigenvalue weighted by Crippen LogP contribution is -2.16. The number of nitrogens with one attached hydrogen (secondary N) is 1. The van der Waals surface area contributed by atoms with E-state index in [1.54, 1.807) is 7.11 Å². The fourth-order valence-electron chi connectivity index (χ4n) is 0.947. The van der Waals surface area contributed by atoms with Gasteiger partial charge in [0.05, 0.1) is 19.8 Å². The zero-order valence-electron chi connectivity index (χ0n) is 9.38. The Kier molecular flexibility index (Phi) is 12.7. The molecule has 0 atom stereocenters. The Morgan fingerprint density at radius 2 is 1.50 bits per heavy atom. The number of hydrogen-bond donors (Lipinski definition) is 1. The van der Waals surface area contributed by atoms with Crippen LogP contribution in [0.5, 0.6) is 0 Å². The second kappa shape index (κ2) is 12.8. The van der Waals surface area contributed by atoms with Gasteiger partial charge in [0, 0.05) is 26.9 Å². The third kappa shape index (κ3) is 11.8. The van der Waals surface area contributed by atoms with E-state index in [0.29, 0.717) is 13.2 Å². The average molecular weight is 205 g/mol. The van der Waals surface area contributed by atoms with Crippen molar-refractivity contribution in [2.75, 3.05) is 53.7 Å². The summed E-state index contributed by atoms with van der Waals surface area (Å²) < 4.78 is 15.6. The minimum absolute atomic E-state index is 0.686. The predicted octanol–water partition coefficient (Wildman–Crippen LogP) is 0.666. The number of hydrogen-bond acceptors (Lipinski definition) is 4. The molecule has 0 spiro atoms. The maximum absolute atomic E-state index is 5.36. The van der Waals surface area contributed by atoms with E-state index in [9.17, 15) is 0 Å². The topological polar surface area (TPSA) is 39.7 Å². The molecule has 0 radical (unpaired) electrons. The second-order valence-corrected chi connectivity index (χ2v) is 3.03. The lowest BCUT2D eigenvalue weighted by atomic mass is 10.3. The summed E-state index contributed by atoms with van der Waals surface area (Å²) in [6, 6.07) is 0. The minimum atomic E-state index is 0.686. The van der Waals surface area contributed by atoms with Crippen LogP contribution < -0.4 is 5.32 Å². The van der Waals surface area contributed by atoms with Crippen molar-refractivity contribution in [2.45, 2.75) is 12.8 Å². The van der Waals surface area contributed by atoms with Crippen LogP contribution in [0.15, 0.2) is 0 Å². The molecule has 0 aliphatic carbocycles. The normalized spacial score (nSPS) is 10.7.